The average Bonchev–Trinajstić information content (AvgIpc) is 3.94. The first-order valence-corrected chi connectivity index (χ1v) is 18.4. The molecule has 0 fully saturated rings. The van der Waals surface area contributed by atoms with Crippen LogP contribution in [0.2, 0.25) is 5.28 Å². The molecule has 0 aliphatic heterocycles. The molecule has 20 heteroatoms. The van der Waals surface area contributed by atoms with E-state index in [1.165, 1.54) is 6.20 Å². The van der Waals surface area contributed by atoms with Crippen molar-refractivity contribution in [3.8, 4) is 22.9 Å². The normalized spacial score (nSPS) is 10.3. The fourth-order valence-corrected chi connectivity index (χ4v) is 5.47. The van der Waals surface area contributed by atoms with Crippen LogP contribution in [0, 0.1) is 20.2 Å². The van der Waals surface area contributed by atoms with Crippen LogP contribution >= 0.6 is 11.6 Å². The first-order valence-electron chi connectivity index (χ1n) is 18.0. The van der Waals surface area contributed by atoms with Gasteiger partial charge in [-0.05, 0) is 90.0 Å². The van der Waals surface area contributed by atoms with Crippen LogP contribution in [0.25, 0.3) is 11.4 Å². The van der Waals surface area contributed by atoms with Gasteiger partial charge in [-0.25, -0.2) is 24.3 Å². The molecule has 19 nitrogen and oxygen atoms in total. The fourth-order valence-electron chi connectivity index (χ4n) is 5.34. The zero-order valence-corrected chi connectivity index (χ0v) is 33.2. The van der Waals surface area contributed by atoms with Gasteiger partial charge in [0.1, 0.15) is 29.7 Å². The van der Waals surface area contributed by atoms with Crippen LogP contribution < -0.4 is 25.8 Å². The zero-order chi connectivity index (χ0) is 43.1. The van der Waals surface area contributed by atoms with Crippen LogP contribution in [0.15, 0.2) is 146 Å². The summed E-state index contributed by atoms with van der Waals surface area (Å²) in [6.45, 7) is 0. The minimum absolute atomic E-state index is 0.0372. The minimum Gasteiger partial charge on any atom is -0.497 e. The van der Waals surface area contributed by atoms with E-state index in [4.69, 9.17) is 26.8 Å². The maximum atomic E-state index is 11.4. The van der Waals surface area contributed by atoms with Crippen molar-refractivity contribution < 1.29 is 19.3 Å². The van der Waals surface area contributed by atoms with E-state index in [9.17, 15) is 20.2 Å². The highest BCUT2D eigenvalue weighted by Crippen LogP contribution is 2.28. The number of ether oxygens (including phenoxy) is 2. The Hall–Kier alpha value is -8.45. The van der Waals surface area contributed by atoms with E-state index in [0.717, 1.165) is 23.1 Å². The Morgan fingerprint density at radius 3 is 1.59 bits per heavy atom. The maximum Gasteiger partial charge on any atom is 0.329 e. The van der Waals surface area contributed by atoms with E-state index in [2.05, 4.69) is 40.8 Å². The molecule has 8 rings (SSSR count). The van der Waals surface area contributed by atoms with Crippen molar-refractivity contribution >= 4 is 51.7 Å². The molecule has 0 spiro atoms. The predicted molar refractivity (Wildman–Crippen MR) is 229 cm³/mol. The molecule has 61 heavy (non-hydrogen) atoms. The second-order valence-electron chi connectivity index (χ2n) is 12.5. The number of halogens is 1. The Kier molecular flexibility index (Phi) is 14.0. The first-order chi connectivity index (χ1) is 29.6. The molecule has 0 atom stereocenters. The van der Waals surface area contributed by atoms with Crippen LogP contribution in [-0.4, -0.2) is 63.6 Å². The number of rotatable bonds is 12. The number of nitrogens with zero attached hydrogens (tertiary/aromatic N) is 10. The summed E-state index contributed by atoms with van der Waals surface area (Å²) in [7, 11) is 3.13. The van der Waals surface area contributed by atoms with Gasteiger partial charge < -0.3 is 25.8 Å². The predicted octanol–water partition coefficient (Wildman–Crippen LogP) is 8.16. The highest BCUT2D eigenvalue weighted by molar-refractivity contribution is 6.28. The molecule has 0 radical (unpaired) electrons. The molecule has 0 amide bonds. The summed E-state index contributed by atoms with van der Waals surface area (Å²) in [4.78, 5) is 37.1. The lowest BCUT2D eigenvalue weighted by atomic mass is 10.2. The van der Waals surface area contributed by atoms with Crippen molar-refractivity contribution in [1.82, 2.24) is 39.5 Å². The fraction of sp³-hybridized carbons (Fsp3) is 0.0732. The van der Waals surface area contributed by atoms with Gasteiger partial charge in [0.05, 0.1) is 59.7 Å². The summed E-state index contributed by atoms with van der Waals surface area (Å²) >= 11 is 5.63. The number of hydrogen-bond acceptors (Lipinski definition) is 15. The molecule has 308 valence electrons. The molecular formula is C41H36ClN13O6. The molecule has 4 aromatic carbocycles. The monoisotopic (exact) mass is 841 g/mol. The summed E-state index contributed by atoms with van der Waals surface area (Å²) < 4.78 is 13.7. The molecule has 0 unspecified atom stereocenters. The lowest BCUT2D eigenvalue weighted by Crippen LogP contribution is -2.05. The van der Waals surface area contributed by atoms with Gasteiger partial charge in [-0.2, -0.15) is 15.2 Å². The largest absolute Gasteiger partial charge is 0.497 e. The van der Waals surface area contributed by atoms with Gasteiger partial charge in [0.25, 0.3) is 0 Å². The van der Waals surface area contributed by atoms with E-state index in [0.29, 0.717) is 40.8 Å². The summed E-state index contributed by atoms with van der Waals surface area (Å²) in [5, 5.41) is 36.4. The second kappa shape index (κ2) is 20.3. The van der Waals surface area contributed by atoms with E-state index in [1.54, 1.807) is 90.7 Å². The highest BCUT2D eigenvalue weighted by Gasteiger charge is 2.19. The van der Waals surface area contributed by atoms with Gasteiger partial charge in [0, 0.05) is 24.0 Å². The van der Waals surface area contributed by atoms with Gasteiger partial charge in [0.2, 0.25) is 16.9 Å². The van der Waals surface area contributed by atoms with Crippen LogP contribution in [0.4, 0.5) is 40.1 Å². The second-order valence-corrected chi connectivity index (χ2v) is 12.8. The van der Waals surface area contributed by atoms with Crippen molar-refractivity contribution in [1.29, 1.82) is 0 Å². The van der Waals surface area contributed by atoms with Crippen molar-refractivity contribution in [2.75, 3.05) is 30.6 Å². The molecule has 8 aromatic rings. The van der Waals surface area contributed by atoms with Crippen molar-refractivity contribution in [3.05, 3.63) is 183 Å². The molecule has 0 aliphatic carbocycles. The number of benzene rings is 4. The molecule has 0 bridgehead atoms. The number of methoxy groups -OCH3 is 2. The Bertz CT molecular complexity index is 2680. The molecule has 4 N–H and O–H groups in total. The van der Waals surface area contributed by atoms with Crippen LogP contribution in [0.5, 0.6) is 11.5 Å². The zero-order valence-electron chi connectivity index (χ0n) is 32.4. The summed E-state index contributed by atoms with van der Waals surface area (Å²) in [5.41, 5.74) is 9.89. The third-order valence-electron chi connectivity index (χ3n) is 8.30. The van der Waals surface area contributed by atoms with Crippen LogP contribution in [0.1, 0.15) is 11.4 Å². The van der Waals surface area contributed by atoms with E-state index in [-0.39, 0.29) is 28.3 Å². The van der Waals surface area contributed by atoms with Crippen molar-refractivity contribution in [2.24, 2.45) is 0 Å². The lowest BCUT2D eigenvalue weighted by Gasteiger charge is -2.08. The Balaban J connectivity index is 0.000000170. The number of para-hydroxylation sites is 2. The summed E-state index contributed by atoms with van der Waals surface area (Å²) in [6, 6.07) is 33.5. The van der Waals surface area contributed by atoms with E-state index in [1.807, 2.05) is 66.9 Å². The minimum atomic E-state index is -0.581. The number of nitro groups is 2. The molecule has 4 heterocycles. The smallest absolute Gasteiger partial charge is 0.329 e. The van der Waals surface area contributed by atoms with Crippen molar-refractivity contribution in [3.63, 3.8) is 0 Å². The summed E-state index contributed by atoms with van der Waals surface area (Å²) in [6.07, 6.45) is 9.70. The summed E-state index contributed by atoms with van der Waals surface area (Å²) in [5.74, 6) is 1.99. The number of nitrogens with one attached hydrogen (secondary N) is 2. The van der Waals surface area contributed by atoms with Gasteiger partial charge in [-0.3, -0.25) is 20.2 Å². The molecule has 0 aliphatic rings. The third-order valence-corrected chi connectivity index (χ3v) is 8.48. The van der Waals surface area contributed by atoms with Gasteiger partial charge in [-0.1, -0.05) is 36.4 Å². The number of aromatic nitrogens is 8. The SMILES string of the molecule is COc1ccc(Nc2nc(Cc3cnn(-c4ccccc4)c3)ncc2[N+](=O)[O-])cc1.COc1ccc(Nc2nc(Cl)ncc2[N+](=O)[O-])cc1.Nc1cnn(-c2ccccc2)c1. The molecule has 0 saturated carbocycles. The highest BCUT2D eigenvalue weighted by atomic mass is 35.5. The number of anilines is 5. The number of nitrogens with two attached hydrogens (primary N) is 1. The van der Waals surface area contributed by atoms with E-state index >= 15 is 0 Å². The van der Waals surface area contributed by atoms with Crippen LogP contribution in [0.3, 0.4) is 0 Å². The number of nitrogen functional groups attached to an aromatic ring is 1. The van der Waals surface area contributed by atoms with Gasteiger partial charge in [-0.15, -0.1) is 0 Å². The quantitative estimate of drug-likeness (QED) is 0.0597. The Morgan fingerprint density at radius 1 is 0.639 bits per heavy atom. The number of hydrogen-bond donors (Lipinski definition) is 3. The van der Waals surface area contributed by atoms with Gasteiger partial charge in [0.15, 0.2) is 0 Å². The van der Waals surface area contributed by atoms with Crippen molar-refractivity contribution in [2.45, 2.75) is 6.42 Å². The standard InChI is InChI=1S/C21H18N6O3.C11H9ClN4O3.C9H9N3/c1-30-18-9-7-16(8-10-18)24-21-19(27(28)29)13-22-20(25-21)11-15-12-23-26(14-15)17-5-3-2-4-6-17;1-19-8-4-2-7(3-5-8)14-10-9(16(17)18)6-13-11(12)15-10;10-8-6-11-12(7-8)9-4-2-1-3-5-9/h2-10,12-14H,11H2,1H3,(H,22,24,25);2-6H,1H3,(H,13,14,15);1-7H,10H2. The third kappa shape index (κ3) is 11.8. The molecule has 0 saturated heterocycles. The lowest BCUT2D eigenvalue weighted by molar-refractivity contribution is -0.384. The first kappa shape index (κ1) is 42.2. The topological polar surface area (TPSA) is 242 Å². The average molecular weight is 842 g/mol. The maximum absolute atomic E-state index is 11.4. The van der Waals surface area contributed by atoms with Crippen LogP contribution in [-0.2, 0) is 6.42 Å². The molecular weight excluding hydrogens is 806 g/mol. The van der Waals surface area contributed by atoms with E-state index < -0.39 is 9.85 Å². The van der Waals surface area contributed by atoms with Gasteiger partial charge >= 0.3 is 11.4 Å². The molecule has 4 aromatic heterocycles. The Morgan fingerprint density at radius 2 is 1.11 bits per heavy atom. The Labute approximate surface area is 352 Å².